The molecule has 4 nitrogen and oxygen atoms in total. The maximum absolute atomic E-state index is 13.2. The molecule has 32 heavy (non-hydrogen) atoms. The summed E-state index contributed by atoms with van der Waals surface area (Å²) in [5.41, 5.74) is 1.71. The van der Waals surface area contributed by atoms with Crippen LogP contribution in [0.2, 0.25) is 0 Å². The van der Waals surface area contributed by atoms with Gasteiger partial charge in [-0.1, -0.05) is 43.7 Å². The number of piperidine rings is 1. The second kappa shape index (κ2) is 10.2. The van der Waals surface area contributed by atoms with Crippen LogP contribution in [0.1, 0.15) is 38.7 Å². The first kappa shape index (κ1) is 24.5. The van der Waals surface area contributed by atoms with Crippen molar-refractivity contribution in [2.24, 2.45) is 5.41 Å². The molecular weight excluding hydrogens is 437 g/mol. The van der Waals surface area contributed by atoms with Crippen LogP contribution in [0.25, 0.3) is 0 Å². The van der Waals surface area contributed by atoms with Gasteiger partial charge in [-0.2, -0.15) is 0 Å². The summed E-state index contributed by atoms with van der Waals surface area (Å²) in [5, 5.41) is 0. The van der Waals surface area contributed by atoms with Crippen LogP contribution in [0.4, 0.5) is 18.9 Å². The topological polar surface area (TPSA) is 32.8 Å². The molecule has 2 aliphatic heterocycles. The van der Waals surface area contributed by atoms with Crippen LogP contribution < -0.4 is 9.64 Å². The molecule has 0 bridgehead atoms. The fraction of sp³-hybridized carbons (Fsp3) is 0.458. The van der Waals surface area contributed by atoms with Gasteiger partial charge in [0.25, 0.3) is 0 Å². The van der Waals surface area contributed by atoms with Gasteiger partial charge < -0.3 is 9.64 Å². The standard InChI is InChI=1S/C22H23F3N2O2S.C2H6/c1-16-6-8-17(9-7-16)27-15-12-21(20(27)28)10-13-26(14-11-21)30-19-5-3-2-4-18(19)29-22(23,24)25;1-2/h2-9H,10-15H2,1H3;1-2H3. The largest absolute Gasteiger partial charge is 0.573 e. The number of hydrogen-bond acceptors (Lipinski definition) is 4. The zero-order valence-corrected chi connectivity index (χ0v) is 19.4. The van der Waals surface area contributed by atoms with Gasteiger partial charge in [0.05, 0.1) is 10.3 Å². The second-order valence-corrected chi connectivity index (χ2v) is 8.98. The van der Waals surface area contributed by atoms with E-state index >= 15 is 0 Å². The molecule has 2 saturated heterocycles. The first-order chi connectivity index (χ1) is 15.3. The number of rotatable bonds is 4. The number of benzene rings is 2. The highest BCUT2D eigenvalue weighted by atomic mass is 32.2. The Morgan fingerprint density at radius 2 is 1.53 bits per heavy atom. The van der Waals surface area contributed by atoms with Crippen molar-refractivity contribution in [1.29, 1.82) is 0 Å². The summed E-state index contributed by atoms with van der Waals surface area (Å²) >= 11 is 1.26. The highest BCUT2D eigenvalue weighted by Crippen LogP contribution is 2.45. The number of hydrogen-bond donors (Lipinski definition) is 0. The number of carbonyl (C=O) groups is 1. The molecule has 1 spiro atoms. The van der Waals surface area contributed by atoms with Gasteiger partial charge in [0.1, 0.15) is 5.75 Å². The summed E-state index contributed by atoms with van der Waals surface area (Å²) in [7, 11) is 0. The molecule has 0 N–H and O–H groups in total. The number of para-hydroxylation sites is 1. The Morgan fingerprint density at radius 3 is 2.16 bits per heavy atom. The molecule has 2 aliphatic rings. The summed E-state index contributed by atoms with van der Waals surface area (Å²) in [5.74, 6) is -0.0328. The van der Waals surface area contributed by atoms with Crippen LogP contribution in [0, 0.1) is 12.3 Å². The fourth-order valence-electron chi connectivity index (χ4n) is 4.13. The van der Waals surface area contributed by atoms with Crippen LogP contribution >= 0.6 is 11.9 Å². The molecule has 0 aliphatic carbocycles. The average Bonchev–Trinajstić information content (AvgIpc) is 3.08. The van der Waals surface area contributed by atoms with E-state index < -0.39 is 6.36 Å². The van der Waals surface area contributed by atoms with Crippen molar-refractivity contribution in [3.8, 4) is 5.75 Å². The number of alkyl halides is 3. The van der Waals surface area contributed by atoms with E-state index in [-0.39, 0.29) is 17.1 Å². The lowest BCUT2D eigenvalue weighted by Gasteiger charge is -2.37. The number of anilines is 1. The van der Waals surface area contributed by atoms with E-state index in [1.807, 2.05) is 54.2 Å². The zero-order valence-electron chi connectivity index (χ0n) is 18.6. The lowest BCUT2D eigenvalue weighted by Crippen LogP contribution is -2.42. The third-order valence-electron chi connectivity index (χ3n) is 5.84. The minimum Gasteiger partial charge on any atom is -0.405 e. The summed E-state index contributed by atoms with van der Waals surface area (Å²) in [4.78, 5) is 15.5. The van der Waals surface area contributed by atoms with E-state index in [1.54, 1.807) is 12.1 Å². The van der Waals surface area contributed by atoms with Crippen LogP contribution in [0.15, 0.2) is 53.4 Å². The number of ether oxygens (including phenoxy) is 1. The summed E-state index contributed by atoms with van der Waals surface area (Å²) in [6.07, 6.45) is -2.52. The van der Waals surface area contributed by atoms with E-state index in [0.717, 1.165) is 17.7 Å². The minimum absolute atomic E-state index is 0.164. The number of halogens is 3. The van der Waals surface area contributed by atoms with Gasteiger partial charge >= 0.3 is 6.36 Å². The van der Waals surface area contributed by atoms with E-state index in [2.05, 4.69) is 4.74 Å². The first-order valence-corrected chi connectivity index (χ1v) is 11.7. The molecule has 0 atom stereocenters. The van der Waals surface area contributed by atoms with Gasteiger partial charge in [0, 0.05) is 25.3 Å². The van der Waals surface area contributed by atoms with Crippen molar-refractivity contribution >= 4 is 23.5 Å². The van der Waals surface area contributed by atoms with Crippen molar-refractivity contribution in [3.63, 3.8) is 0 Å². The summed E-state index contributed by atoms with van der Waals surface area (Å²) < 4.78 is 44.1. The Balaban J connectivity index is 0.00000141. The van der Waals surface area contributed by atoms with Gasteiger partial charge in [-0.15, -0.1) is 13.2 Å². The zero-order chi connectivity index (χ0) is 23.4. The molecular formula is C24H29F3N2O2S. The normalized spacial score (nSPS) is 18.4. The van der Waals surface area contributed by atoms with Gasteiger partial charge in [0.15, 0.2) is 0 Å². The van der Waals surface area contributed by atoms with Crippen LogP contribution in [-0.4, -0.2) is 36.2 Å². The average molecular weight is 467 g/mol. The molecule has 0 unspecified atom stereocenters. The lowest BCUT2D eigenvalue weighted by molar-refractivity contribution is -0.275. The van der Waals surface area contributed by atoms with E-state index in [9.17, 15) is 18.0 Å². The predicted molar refractivity (Wildman–Crippen MR) is 122 cm³/mol. The SMILES string of the molecule is CC.Cc1ccc(N2CCC3(CCN(Sc4ccccc4OC(F)(F)F)CC3)C2=O)cc1. The van der Waals surface area contributed by atoms with E-state index in [4.69, 9.17) is 0 Å². The van der Waals surface area contributed by atoms with Crippen LogP contribution in [0.3, 0.4) is 0 Å². The number of nitrogens with zero attached hydrogens (tertiary/aromatic N) is 2. The van der Waals surface area contributed by atoms with Crippen molar-refractivity contribution in [1.82, 2.24) is 4.31 Å². The molecule has 1 amide bonds. The number of aryl methyl sites for hydroxylation is 1. The molecule has 0 radical (unpaired) electrons. The lowest BCUT2D eigenvalue weighted by atomic mass is 9.77. The first-order valence-electron chi connectivity index (χ1n) is 10.9. The maximum atomic E-state index is 13.2. The Labute approximate surface area is 191 Å². The molecule has 8 heteroatoms. The number of carbonyl (C=O) groups excluding carboxylic acids is 1. The van der Waals surface area contributed by atoms with E-state index in [0.29, 0.717) is 37.4 Å². The van der Waals surface area contributed by atoms with Crippen molar-refractivity contribution in [2.45, 2.75) is 51.3 Å². The van der Waals surface area contributed by atoms with Gasteiger partial charge in [-0.25, -0.2) is 4.31 Å². The number of amides is 1. The molecule has 2 aromatic carbocycles. The third kappa shape index (κ3) is 5.59. The monoisotopic (exact) mass is 466 g/mol. The fourth-order valence-corrected chi connectivity index (χ4v) is 5.12. The maximum Gasteiger partial charge on any atom is 0.573 e. The highest BCUT2D eigenvalue weighted by molar-refractivity contribution is 7.97. The molecule has 0 saturated carbocycles. The predicted octanol–water partition coefficient (Wildman–Crippen LogP) is 6.45. The Hall–Kier alpha value is -2.19. The third-order valence-corrected chi connectivity index (χ3v) is 7.00. The van der Waals surface area contributed by atoms with Crippen LogP contribution in [0.5, 0.6) is 5.75 Å². The highest BCUT2D eigenvalue weighted by Gasteiger charge is 2.48. The second-order valence-electron chi connectivity index (χ2n) is 7.84. The Bertz CT molecular complexity index is 910. The summed E-state index contributed by atoms with van der Waals surface area (Å²) in [6, 6.07) is 14.1. The quantitative estimate of drug-likeness (QED) is 0.485. The van der Waals surface area contributed by atoms with Gasteiger partial charge in [-0.3, -0.25) is 4.79 Å². The molecule has 2 aromatic rings. The van der Waals surface area contributed by atoms with Crippen LogP contribution in [-0.2, 0) is 4.79 Å². The van der Waals surface area contributed by atoms with Gasteiger partial charge in [-0.05, 0) is 62.4 Å². The Kier molecular flexibility index (Phi) is 7.77. The summed E-state index contributed by atoms with van der Waals surface area (Å²) in [6.45, 7) is 8.00. The van der Waals surface area contributed by atoms with Crippen molar-refractivity contribution < 1.29 is 22.7 Å². The Morgan fingerprint density at radius 1 is 0.938 bits per heavy atom. The smallest absolute Gasteiger partial charge is 0.405 e. The van der Waals surface area contributed by atoms with Crippen molar-refractivity contribution in [3.05, 3.63) is 54.1 Å². The molecule has 2 heterocycles. The van der Waals surface area contributed by atoms with Crippen molar-refractivity contribution in [2.75, 3.05) is 24.5 Å². The molecule has 2 fully saturated rings. The van der Waals surface area contributed by atoms with E-state index in [1.165, 1.54) is 24.1 Å². The molecule has 174 valence electrons. The molecule has 0 aromatic heterocycles. The minimum atomic E-state index is -4.72. The molecule has 4 rings (SSSR count). The van der Waals surface area contributed by atoms with Gasteiger partial charge in [0.2, 0.25) is 5.91 Å².